The average molecular weight is 395 g/mol. The number of piperidine rings is 1. The van der Waals surface area contributed by atoms with Crippen LogP contribution in [0.15, 0.2) is 55.1 Å². The van der Waals surface area contributed by atoms with E-state index in [1.807, 2.05) is 0 Å². The maximum Gasteiger partial charge on any atom is 0.251 e. The maximum absolute atomic E-state index is 12.7. The van der Waals surface area contributed by atoms with Crippen molar-refractivity contribution in [3.05, 3.63) is 71.8 Å². The summed E-state index contributed by atoms with van der Waals surface area (Å²) in [6.45, 7) is 9.09. The van der Waals surface area contributed by atoms with E-state index >= 15 is 0 Å². The number of hydrogen-bond acceptors (Lipinski definition) is 4. The molecule has 3 rings (SSSR count). The highest BCUT2D eigenvalue weighted by molar-refractivity contribution is 5.95. The summed E-state index contributed by atoms with van der Waals surface area (Å²) in [5.41, 5.74) is 3.22. The van der Waals surface area contributed by atoms with Crippen LogP contribution in [0.5, 0.6) is 11.5 Å². The van der Waals surface area contributed by atoms with E-state index in [0.29, 0.717) is 23.7 Å². The number of nitrogens with one attached hydrogen (secondary N) is 1. The molecule has 1 fully saturated rings. The molecule has 0 saturated carbocycles. The van der Waals surface area contributed by atoms with E-state index in [1.165, 1.54) is 11.1 Å². The minimum atomic E-state index is -0.0734. The zero-order valence-corrected chi connectivity index (χ0v) is 17.3. The highest BCUT2D eigenvalue weighted by Gasteiger charge is 2.22. The number of carbonyl (C=O) groups excluding carboxylic acids is 1. The molecule has 0 spiro atoms. The van der Waals surface area contributed by atoms with Gasteiger partial charge < -0.3 is 14.8 Å². The molecule has 1 N–H and O–H groups in total. The molecular formula is C24H30N2O3. The lowest BCUT2D eigenvalue weighted by Gasteiger charge is -2.32. The van der Waals surface area contributed by atoms with Crippen molar-refractivity contribution in [3.63, 3.8) is 0 Å². The second-order valence-electron chi connectivity index (χ2n) is 7.48. The molecule has 1 aliphatic heterocycles. The van der Waals surface area contributed by atoms with Gasteiger partial charge in [-0.25, -0.2) is 0 Å². The number of nitrogens with zero attached hydrogens (tertiary/aromatic N) is 1. The molecule has 1 saturated heterocycles. The Kier molecular flexibility index (Phi) is 7.30. The third-order valence-corrected chi connectivity index (χ3v) is 5.19. The Balaban J connectivity index is 1.52. The first kappa shape index (κ1) is 20.9. The van der Waals surface area contributed by atoms with Crippen molar-refractivity contribution >= 4 is 5.91 Å². The summed E-state index contributed by atoms with van der Waals surface area (Å²) in [4.78, 5) is 15.1. The fourth-order valence-corrected chi connectivity index (χ4v) is 3.65. The summed E-state index contributed by atoms with van der Waals surface area (Å²) >= 11 is 0. The molecule has 0 atom stereocenters. The van der Waals surface area contributed by atoms with Gasteiger partial charge in [-0.1, -0.05) is 42.5 Å². The lowest BCUT2D eigenvalue weighted by atomic mass is 10.0. The quantitative estimate of drug-likeness (QED) is 0.689. The Morgan fingerprint density at radius 2 is 2.00 bits per heavy atom. The molecule has 0 aliphatic carbocycles. The molecule has 1 amide bonds. The number of likely N-dealkylation sites (tertiary alicyclic amines) is 1. The van der Waals surface area contributed by atoms with Gasteiger partial charge in [-0.2, -0.15) is 0 Å². The van der Waals surface area contributed by atoms with Gasteiger partial charge >= 0.3 is 0 Å². The van der Waals surface area contributed by atoms with Gasteiger partial charge in [0.15, 0.2) is 11.5 Å². The lowest BCUT2D eigenvalue weighted by molar-refractivity contribution is 0.0908. The summed E-state index contributed by atoms with van der Waals surface area (Å²) < 4.78 is 10.9. The van der Waals surface area contributed by atoms with Gasteiger partial charge in [0.2, 0.25) is 0 Å². The molecule has 154 valence electrons. The SMILES string of the molecule is C=CCOc1ccc(C(=O)NC2CCN(Cc3cccc(C)c3)CC2)cc1OC. The molecule has 0 unspecified atom stereocenters. The normalized spacial score (nSPS) is 15.0. The van der Waals surface area contributed by atoms with Gasteiger partial charge in [0.1, 0.15) is 6.61 Å². The molecule has 0 bridgehead atoms. The number of rotatable bonds is 8. The monoisotopic (exact) mass is 394 g/mol. The fourth-order valence-electron chi connectivity index (χ4n) is 3.65. The second kappa shape index (κ2) is 10.1. The van der Waals surface area contributed by atoms with Crippen molar-refractivity contribution in [1.29, 1.82) is 0 Å². The minimum absolute atomic E-state index is 0.0734. The van der Waals surface area contributed by atoms with Crippen LogP contribution in [0.4, 0.5) is 0 Å². The zero-order valence-electron chi connectivity index (χ0n) is 17.3. The average Bonchev–Trinajstić information content (AvgIpc) is 2.73. The van der Waals surface area contributed by atoms with E-state index in [2.05, 4.69) is 48.0 Å². The van der Waals surface area contributed by atoms with E-state index in [1.54, 1.807) is 31.4 Å². The molecular weight excluding hydrogens is 364 g/mol. The van der Waals surface area contributed by atoms with Crippen molar-refractivity contribution in [2.45, 2.75) is 32.4 Å². The number of benzene rings is 2. The third kappa shape index (κ3) is 5.84. The lowest BCUT2D eigenvalue weighted by Crippen LogP contribution is -2.44. The number of ether oxygens (including phenoxy) is 2. The molecule has 5 nitrogen and oxygen atoms in total. The first-order chi connectivity index (χ1) is 14.1. The topological polar surface area (TPSA) is 50.8 Å². The summed E-state index contributed by atoms with van der Waals surface area (Å²) in [6.07, 6.45) is 3.58. The predicted octanol–water partition coefficient (Wildman–Crippen LogP) is 3.96. The maximum atomic E-state index is 12.7. The molecule has 2 aromatic carbocycles. The molecule has 0 aromatic heterocycles. The molecule has 1 aliphatic rings. The first-order valence-corrected chi connectivity index (χ1v) is 10.1. The number of methoxy groups -OCH3 is 1. The van der Waals surface area contributed by atoms with Crippen LogP contribution in [0.25, 0.3) is 0 Å². The predicted molar refractivity (Wildman–Crippen MR) is 116 cm³/mol. The minimum Gasteiger partial charge on any atom is -0.493 e. The standard InChI is InChI=1S/C24H30N2O3/c1-4-14-29-22-9-8-20(16-23(22)28-3)24(27)25-21-10-12-26(13-11-21)17-19-7-5-6-18(2)15-19/h4-9,15-16,21H,1,10-14,17H2,2-3H3,(H,25,27). The van der Waals surface area contributed by atoms with Gasteiger partial charge in [0, 0.05) is 31.2 Å². The fraction of sp³-hybridized carbons (Fsp3) is 0.375. The second-order valence-corrected chi connectivity index (χ2v) is 7.48. The number of aryl methyl sites for hydroxylation is 1. The van der Waals surface area contributed by atoms with E-state index in [9.17, 15) is 4.79 Å². The highest BCUT2D eigenvalue weighted by atomic mass is 16.5. The van der Waals surface area contributed by atoms with Crippen LogP contribution in [-0.4, -0.2) is 43.7 Å². The molecule has 29 heavy (non-hydrogen) atoms. The van der Waals surface area contributed by atoms with Crippen molar-refractivity contribution in [2.75, 3.05) is 26.8 Å². The van der Waals surface area contributed by atoms with Crippen LogP contribution in [0.2, 0.25) is 0 Å². The Bertz CT molecular complexity index is 842. The van der Waals surface area contributed by atoms with Crippen LogP contribution < -0.4 is 14.8 Å². The van der Waals surface area contributed by atoms with Crippen molar-refractivity contribution in [2.24, 2.45) is 0 Å². The first-order valence-electron chi connectivity index (χ1n) is 10.1. The van der Waals surface area contributed by atoms with E-state index in [0.717, 1.165) is 32.5 Å². The summed E-state index contributed by atoms with van der Waals surface area (Å²) in [7, 11) is 1.57. The Labute approximate surface area is 173 Å². The molecule has 2 aromatic rings. The van der Waals surface area contributed by atoms with Gasteiger partial charge in [0.05, 0.1) is 7.11 Å². The van der Waals surface area contributed by atoms with Crippen molar-refractivity contribution < 1.29 is 14.3 Å². The summed E-state index contributed by atoms with van der Waals surface area (Å²) in [5.74, 6) is 1.08. The largest absolute Gasteiger partial charge is 0.493 e. The van der Waals surface area contributed by atoms with Crippen LogP contribution in [-0.2, 0) is 6.54 Å². The van der Waals surface area contributed by atoms with Gasteiger partial charge in [-0.15, -0.1) is 0 Å². The number of carbonyl (C=O) groups is 1. The van der Waals surface area contributed by atoms with Gasteiger partial charge in [-0.3, -0.25) is 9.69 Å². The number of amides is 1. The molecule has 1 heterocycles. The van der Waals surface area contributed by atoms with Crippen molar-refractivity contribution in [3.8, 4) is 11.5 Å². The highest BCUT2D eigenvalue weighted by Crippen LogP contribution is 2.28. The molecule has 0 radical (unpaired) electrons. The van der Waals surface area contributed by atoms with Crippen LogP contribution >= 0.6 is 0 Å². The van der Waals surface area contributed by atoms with Crippen molar-refractivity contribution in [1.82, 2.24) is 10.2 Å². The zero-order chi connectivity index (χ0) is 20.6. The Morgan fingerprint density at radius 3 is 2.69 bits per heavy atom. The smallest absolute Gasteiger partial charge is 0.251 e. The Hall–Kier alpha value is -2.79. The van der Waals surface area contributed by atoms with Gasteiger partial charge in [0.25, 0.3) is 5.91 Å². The van der Waals surface area contributed by atoms with E-state index in [4.69, 9.17) is 9.47 Å². The van der Waals surface area contributed by atoms with Gasteiger partial charge in [-0.05, 0) is 43.5 Å². The summed E-state index contributed by atoms with van der Waals surface area (Å²) in [5, 5.41) is 3.16. The van der Waals surface area contributed by atoms with E-state index < -0.39 is 0 Å². The van der Waals surface area contributed by atoms with Crippen LogP contribution in [0.3, 0.4) is 0 Å². The van der Waals surface area contributed by atoms with Crippen LogP contribution in [0, 0.1) is 6.92 Å². The summed E-state index contributed by atoms with van der Waals surface area (Å²) in [6, 6.07) is 14.1. The van der Waals surface area contributed by atoms with Crippen LogP contribution in [0.1, 0.15) is 34.3 Å². The molecule has 5 heteroatoms. The third-order valence-electron chi connectivity index (χ3n) is 5.19. The van der Waals surface area contributed by atoms with E-state index in [-0.39, 0.29) is 11.9 Å². The Morgan fingerprint density at radius 1 is 1.21 bits per heavy atom. The number of hydrogen-bond donors (Lipinski definition) is 1.